The summed E-state index contributed by atoms with van der Waals surface area (Å²) < 4.78 is 0. The number of hydrogen-bond acceptors (Lipinski definition) is 5. The van der Waals surface area contributed by atoms with Crippen LogP contribution in [0.5, 0.6) is 0 Å². The van der Waals surface area contributed by atoms with Crippen LogP contribution in [0.3, 0.4) is 0 Å². The quantitative estimate of drug-likeness (QED) is 0.646. The van der Waals surface area contributed by atoms with Gasteiger partial charge in [-0.3, -0.25) is 14.5 Å². The standard InChI is InChI=1S/C18H23N3O5/c1-17(2)15(24)21(16(25)19-17)11-14(23)20-9-8-18(26,13(22)10-20)12-6-4-3-5-7-12/h3-7,13,22,26H,8-11H2,1-2H3,(H,19,25)/t13-,18-/m0/s1. The van der Waals surface area contributed by atoms with Crippen molar-refractivity contribution < 1.29 is 24.6 Å². The number of carbonyl (C=O) groups excluding carboxylic acids is 3. The summed E-state index contributed by atoms with van der Waals surface area (Å²) >= 11 is 0. The highest BCUT2D eigenvalue weighted by Crippen LogP contribution is 2.33. The second-order valence-electron chi connectivity index (χ2n) is 7.34. The molecular weight excluding hydrogens is 338 g/mol. The largest absolute Gasteiger partial charge is 0.388 e. The van der Waals surface area contributed by atoms with Gasteiger partial charge in [-0.2, -0.15) is 0 Å². The fourth-order valence-corrected chi connectivity index (χ4v) is 3.41. The Balaban J connectivity index is 1.67. The fourth-order valence-electron chi connectivity index (χ4n) is 3.41. The highest BCUT2D eigenvalue weighted by atomic mass is 16.3. The number of piperidine rings is 1. The van der Waals surface area contributed by atoms with Gasteiger partial charge >= 0.3 is 6.03 Å². The molecule has 2 atom stereocenters. The minimum atomic E-state index is -1.43. The number of hydrogen-bond donors (Lipinski definition) is 3. The van der Waals surface area contributed by atoms with Gasteiger partial charge in [0.05, 0.1) is 0 Å². The number of aliphatic hydroxyl groups is 2. The zero-order chi connectivity index (χ0) is 19.1. The molecule has 2 heterocycles. The Morgan fingerprint density at radius 2 is 1.92 bits per heavy atom. The molecule has 0 aliphatic carbocycles. The lowest BCUT2D eigenvalue weighted by Crippen LogP contribution is -2.56. The monoisotopic (exact) mass is 361 g/mol. The zero-order valence-electron chi connectivity index (χ0n) is 14.8. The van der Waals surface area contributed by atoms with E-state index in [0.29, 0.717) is 5.56 Å². The summed E-state index contributed by atoms with van der Waals surface area (Å²) in [5.41, 5.74) is -1.87. The summed E-state index contributed by atoms with van der Waals surface area (Å²) in [6.07, 6.45) is -1.00. The second-order valence-corrected chi connectivity index (χ2v) is 7.34. The third-order valence-corrected chi connectivity index (χ3v) is 5.07. The van der Waals surface area contributed by atoms with E-state index in [1.165, 1.54) is 4.90 Å². The second kappa shape index (κ2) is 6.37. The molecule has 2 aliphatic heterocycles. The molecule has 140 valence electrons. The van der Waals surface area contributed by atoms with E-state index in [9.17, 15) is 24.6 Å². The summed E-state index contributed by atoms with van der Waals surface area (Å²) in [6.45, 7) is 2.90. The Hall–Kier alpha value is -2.45. The number of imide groups is 1. The predicted molar refractivity (Wildman–Crippen MR) is 91.9 cm³/mol. The molecule has 0 spiro atoms. The Morgan fingerprint density at radius 1 is 1.27 bits per heavy atom. The van der Waals surface area contributed by atoms with Gasteiger partial charge in [-0.25, -0.2) is 4.79 Å². The van der Waals surface area contributed by atoms with E-state index in [1.54, 1.807) is 38.1 Å². The molecule has 0 saturated carbocycles. The van der Waals surface area contributed by atoms with E-state index in [-0.39, 0.29) is 26.1 Å². The molecule has 1 aromatic rings. The minimum Gasteiger partial charge on any atom is -0.388 e. The minimum absolute atomic E-state index is 0.0722. The van der Waals surface area contributed by atoms with Gasteiger partial charge in [0.25, 0.3) is 5.91 Å². The highest BCUT2D eigenvalue weighted by molar-refractivity contribution is 6.08. The van der Waals surface area contributed by atoms with E-state index in [1.807, 2.05) is 6.07 Å². The van der Waals surface area contributed by atoms with Crippen molar-refractivity contribution >= 4 is 17.8 Å². The van der Waals surface area contributed by atoms with Crippen molar-refractivity contribution in [1.29, 1.82) is 0 Å². The van der Waals surface area contributed by atoms with Crippen LogP contribution in [0.25, 0.3) is 0 Å². The molecule has 1 aromatic carbocycles. The van der Waals surface area contributed by atoms with Gasteiger partial charge in [0.2, 0.25) is 5.91 Å². The predicted octanol–water partition coefficient (Wildman–Crippen LogP) is -0.202. The molecule has 8 heteroatoms. The van der Waals surface area contributed by atoms with Crippen LogP contribution in [0.4, 0.5) is 4.79 Å². The number of urea groups is 1. The third-order valence-electron chi connectivity index (χ3n) is 5.07. The van der Waals surface area contributed by atoms with Gasteiger partial charge in [0.1, 0.15) is 23.8 Å². The van der Waals surface area contributed by atoms with Crippen molar-refractivity contribution in [1.82, 2.24) is 15.1 Å². The van der Waals surface area contributed by atoms with Crippen LogP contribution in [-0.4, -0.2) is 69.1 Å². The van der Waals surface area contributed by atoms with E-state index in [4.69, 9.17) is 0 Å². The Labute approximate surface area is 151 Å². The molecule has 2 aliphatic rings. The summed E-state index contributed by atoms with van der Waals surface area (Å²) in [6, 6.07) is 8.23. The Kier molecular flexibility index (Phi) is 4.49. The number of amides is 4. The summed E-state index contributed by atoms with van der Waals surface area (Å²) in [5, 5.41) is 23.8. The molecule has 0 unspecified atom stereocenters. The molecule has 0 bridgehead atoms. The van der Waals surface area contributed by atoms with Gasteiger partial charge in [0, 0.05) is 19.5 Å². The lowest BCUT2D eigenvalue weighted by atomic mass is 9.82. The SMILES string of the molecule is CC1(C)NC(=O)N(CC(=O)N2CC[C@](O)(c3ccccc3)[C@@H](O)C2)C1=O. The number of nitrogens with zero attached hydrogens (tertiary/aromatic N) is 2. The number of benzene rings is 1. The van der Waals surface area contributed by atoms with Crippen LogP contribution in [0.2, 0.25) is 0 Å². The molecule has 0 aromatic heterocycles. The number of β-amino-alcohol motifs (C(OH)–C–C–N with tert-alkyl or cyclic N) is 1. The molecular formula is C18H23N3O5. The highest BCUT2D eigenvalue weighted by Gasteiger charge is 2.47. The van der Waals surface area contributed by atoms with Gasteiger partial charge in [-0.05, 0) is 19.4 Å². The zero-order valence-corrected chi connectivity index (χ0v) is 14.8. The first kappa shape index (κ1) is 18.3. The molecule has 2 saturated heterocycles. The number of aliphatic hydroxyl groups excluding tert-OH is 1. The first-order chi connectivity index (χ1) is 12.1. The number of carbonyl (C=O) groups is 3. The molecule has 26 heavy (non-hydrogen) atoms. The van der Waals surface area contributed by atoms with Crippen LogP contribution < -0.4 is 5.32 Å². The lowest BCUT2D eigenvalue weighted by molar-refractivity contribution is -0.153. The topological polar surface area (TPSA) is 110 Å². The van der Waals surface area contributed by atoms with Crippen LogP contribution >= 0.6 is 0 Å². The van der Waals surface area contributed by atoms with Gasteiger partial charge in [-0.1, -0.05) is 30.3 Å². The maximum atomic E-state index is 12.5. The van der Waals surface area contributed by atoms with Crippen molar-refractivity contribution in [3.8, 4) is 0 Å². The van der Waals surface area contributed by atoms with Gasteiger partial charge in [0.15, 0.2) is 0 Å². The average molecular weight is 361 g/mol. The van der Waals surface area contributed by atoms with Crippen LogP contribution in [0.1, 0.15) is 25.8 Å². The van der Waals surface area contributed by atoms with Crippen LogP contribution in [0.15, 0.2) is 30.3 Å². The van der Waals surface area contributed by atoms with Crippen LogP contribution in [-0.2, 0) is 15.2 Å². The van der Waals surface area contributed by atoms with E-state index >= 15 is 0 Å². The third kappa shape index (κ3) is 3.06. The molecule has 4 amide bonds. The summed E-state index contributed by atoms with van der Waals surface area (Å²) in [7, 11) is 0. The van der Waals surface area contributed by atoms with Crippen molar-refractivity contribution in [3.63, 3.8) is 0 Å². The molecule has 2 fully saturated rings. The fraction of sp³-hybridized carbons (Fsp3) is 0.500. The maximum Gasteiger partial charge on any atom is 0.325 e. The van der Waals surface area contributed by atoms with E-state index < -0.39 is 35.1 Å². The number of rotatable bonds is 3. The molecule has 8 nitrogen and oxygen atoms in total. The lowest BCUT2D eigenvalue weighted by Gasteiger charge is -2.42. The first-order valence-electron chi connectivity index (χ1n) is 8.53. The maximum absolute atomic E-state index is 12.5. The first-order valence-corrected chi connectivity index (χ1v) is 8.53. The van der Waals surface area contributed by atoms with Crippen LogP contribution in [0, 0.1) is 0 Å². The van der Waals surface area contributed by atoms with Crippen molar-refractivity contribution in [2.24, 2.45) is 0 Å². The summed E-state index contributed by atoms with van der Waals surface area (Å²) in [5.74, 6) is -0.908. The number of nitrogens with one attached hydrogen (secondary N) is 1. The molecule has 3 N–H and O–H groups in total. The average Bonchev–Trinajstić information content (AvgIpc) is 2.79. The smallest absolute Gasteiger partial charge is 0.325 e. The van der Waals surface area contributed by atoms with Crippen molar-refractivity contribution in [3.05, 3.63) is 35.9 Å². The number of likely N-dealkylation sites (tertiary alicyclic amines) is 1. The van der Waals surface area contributed by atoms with E-state index in [2.05, 4.69) is 5.32 Å². The Morgan fingerprint density at radius 3 is 2.46 bits per heavy atom. The Bertz CT molecular complexity index is 736. The molecule has 0 radical (unpaired) electrons. The van der Waals surface area contributed by atoms with Crippen molar-refractivity contribution in [2.75, 3.05) is 19.6 Å². The summed E-state index contributed by atoms with van der Waals surface area (Å²) in [4.78, 5) is 38.9. The van der Waals surface area contributed by atoms with Gasteiger partial charge in [-0.15, -0.1) is 0 Å². The van der Waals surface area contributed by atoms with Gasteiger partial charge < -0.3 is 20.4 Å². The van der Waals surface area contributed by atoms with Crippen molar-refractivity contribution in [2.45, 2.75) is 37.5 Å². The normalized spacial score (nSPS) is 28.2. The molecule has 3 rings (SSSR count). The van der Waals surface area contributed by atoms with E-state index in [0.717, 1.165) is 4.90 Å².